The SMILES string of the molecule is CCCOc1ccc(N(CC(=O)NCCSCc2ccccc2Cl)S(C)(=O)=O)cc1. The van der Waals surface area contributed by atoms with Crippen LogP contribution in [0.3, 0.4) is 0 Å². The minimum absolute atomic E-state index is 0.275. The second-order valence-corrected chi connectivity index (χ2v) is 10.0. The largest absolute Gasteiger partial charge is 0.494 e. The maximum Gasteiger partial charge on any atom is 0.240 e. The molecule has 0 bridgehead atoms. The average Bonchev–Trinajstić information content (AvgIpc) is 2.71. The topological polar surface area (TPSA) is 75.7 Å². The number of rotatable bonds is 12. The highest BCUT2D eigenvalue weighted by molar-refractivity contribution is 7.98. The van der Waals surface area contributed by atoms with Gasteiger partial charge in [0, 0.05) is 23.1 Å². The summed E-state index contributed by atoms with van der Waals surface area (Å²) in [6.45, 7) is 2.76. The summed E-state index contributed by atoms with van der Waals surface area (Å²) in [5.74, 6) is 1.75. The number of amides is 1. The molecule has 0 spiro atoms. The van der Waals surface area contributed by atoms with Gasteiger partial charge in [0.1, 0.15) is 12.3 Å². The number of hydrogen-bond donors (Lipinski definition) is 1. The van der Waals surface area contributed by atoms with Gasteiger partial charge in [-0.25, -0.2) is 8.42 Å². The fourth-order valence-corrected chi connectivity index (χ4v) is 4.58. The summed E-state index contributed by atoms with van der Waals surface area (Å²) in [6.07, 6.45) is 1.97. The van der Waals surface area contributed by atoms with E-state index in [4.69, 9.17) is 16.3 Å². The molecule has 0 aliphatic rings. The third kappa shape index (κ3) is 8.08. The van der Waals surface area contributed by atoms with E-state index in [9.17, 15) is 13.2 Å². The molecule has 0 saturated carbocycles. The Balaban J connectivity index is 1.84. The summed E-state index contributed by atoms with van der Waals surface area (Å²) in [4.78, 5) is 12.3. The molecule has 1 amide bonds. The van der Waals surface area contributed by atoms with Crippen molar-refractivity contribution in [3.05, 3.63) is 59.1 Å². The molecule has 1 N–H and O–H groups in total. The lowest BCUT2D eigenvalue weighted by Crippen LogP contribution is -2.41. The number of hydrogen-bond acceptors (Lipinski definition) is 5. The van der Waals surface area contributed by atoms with Crippen LogP contribution in [0, 0.1) is 0 Å². The number of halogens is 1. The molecule has 9 heteroatoms. The number of benzene rings is 2. The van der Waals surface area contributed by atoms with E-state index in [1.165, 1.54) is 0 Å². The van der Waals surface area contributed by atoms with Crippen LogP contribution in [0.4, 0.5) is 5.69 Å². The number of thioether (sulfide) groups is 1. The molecular formula is C21H27ClN2O4S2. The lowest BCUT2D eigenvalue weighted by Gasteiger charge is -2.22. The number of nitrogens with one attached hydrogen (secondary N) is 1. The van der Waals surface area contributed by atoms with Crippen molar-refractivity contribution < 1.29 is 17.9 Å². The maximum atomic E-state index is 12.3. The van der Waals surface area contributed by atoms with Gasteiger partial charge in [0.15, 0.2) is 0 Å². The fraction of sp³-hybridized carbons (Fsp3) is 0.381. The highest BCUT2D eigenvalue weighted by Crippen LogP contribution is 2.22. The molecule has 0 heterocycles. The maximum absolute atomic E-state index is 12.3. The van der Waals surface area contributed by atoms with Crippen LogP contribution >= 0.6 is 23.4 Å². The van der Waals surface area contributed by atoms with Crippen molar-refractivity contribution in [1.29, 1.82) is 0 Å². The van der Waals surface area contributed by atoms with Crippen molar-refractivity contribution in [3.63, 3.8) is 0 Å². The predicted molar refractivity (Wildman–Crippen MR) is 125 cm³/mol. The number of ether oxygens (including phenoxy) is 1. The van der Waals surface area contributed by atoms with Gasteiger partial charge in [0.05, 0.1) is 18.6 Å². The smallest absolute Gasteiger partial charge is 0.240 e. The first kappa shape index (κ1) is 24.4. The zero-order valence-corrected chi connectivity index (χ0v) is 19.5. The third-order valence-electron chi connectivity index (χ3n) is 4.07. The van der Waals surface area contributed by atoms with Crippen LogP contribution in [-0.4, -0.2) is 46.0 Å². The second-order valence-electron chi connectivity index (χ2n) is 6.61. The van der Waals surface area contributed by atoms with Crippen LogP contribution in [0.15, 0.2) is 48.5 Å². The van der Waals surface area contributed by atoms with E-state index in [0.29, 0.717) is 30.3 Å². The Hall–Kier alpha value is -1.90. The van der Waals surface area contributed by atoms with Gasteiger partial charge in [0.25, 0.3) is 0 Å². The Morgan fingerprint density at radius 3 is 2.50 bits per heavy atom. The Kier molecular flexibility index (Phi) is 9.81. The van der Waals surface area contributed by atoms with Gasteiger partial charge in [-0.15, -0.1) is 0 Å². The first-order valence-electron chi connectivity index (χ1n) is 9.59. The van der Waals surface area contributed by atoms with Crippen LogP contribution in [0.25, 0.3) is 0 Å². The summed E-state index contributed by atoms with van der Waals surface area (Å²) < 4.78 is 31.0. The van der Waals surface area contributed by atoms with E-state index in [-0.39, 0.29) is 12.5 Å². The molecule has 30 heavy (non-hydrogen) atoms. The van der Waals surface area contributed by atoms with Crippen molar-refractivity contribution in [3.8, 4) is 5.75 Å². The van der Waals surface area contributed by atoms with Crippen LogP contribution in [0.5, 0.6) is 5.75 Å². The fourth-order valence-electron chi connectivity index (χ4n) is 2.58. The number of carbonyl (C=O) groups excluding carboxylic acids is 1. The zero-order chi connectivity index (χ0) is 22.0. The van der Waals surface area contributed by atoms with Crippen LogP contribution in [-0.2, 0) is 20.6 Å². The first-order valence-corrected chi connectivity index (χ1v) is 13.0. The number of nitrogens with zero attached hydrogens (tertiary/aromatic N) is 1. The minimum atomic E-state index is -3.61. The molecule has 0 radical (unpaired) electrons. The molecule has 0 unspecified atom stereocenters. The van der Waals surface area contributed by atoms with Crippen molar-refractivity contribution in [2.24, 2.45) is 0 Å². The third-order valence-corrected chi connectivity index (χ3v) is 6.59. The quantitative estimate of drug-likeness (QED) is 0.475. The summed E-state index contributed by atoms with van der Waals surface area (Å²) in [5.41, 5.74) is 1.47. The molecule has 0 fully saturated rings. The molecule has 0 aliphatic heterocycles. The van der Waals surface area contributed by atoms with Crippen molar-refractivity contribution >= 4 is 45.0 Å². The molecule has 164 valence electrons. The van der Waals surface area contributed by atoms with E-state index in [1.54, 1.807) is 36.0 Å². The number of sulfonamides is 1. The molecular weight excluding hydrogens is 444 g/mol. The number of anilines is 1. The van der Waals surface area contributed by atoms with E-state index >= 15 is 0 Å². The molecule has 2 rings (SSSR count). The molecule has 0 aromatic heterocycles. The van der Waals surface area contributed by atoms with Gasteiger partial charge in [0.2, 0.25) is 15.9 Å². The molecule has 6 nitrogen and oxygen atoms in total. The van der Waals surface area contributed by atoms with Crippen LogP contribution in [0.2, 0.25) is 5.02 Å². The van der Waals surface area contributed by atoms with E-state index in [0.717, 1.165) is 33.3 Å². The highest BCUT2D eigenvalue weighted by atomic mass is 35.5. The van der Waals surface area contributed by atoms with Gasteiger partial charge in [-0.05, 0) is 42.3 Å². The molecule has 0 aliphatic carbocycles. The van der Waals surface area contributed by atoms with Gasteiger partial charge >= 0.3 is 0 Å². The first-order chi connectivity index (χ1) is 14.3. The van der Waals surface area contributed by atoms with E-state index < -0.39 is 10.0 Å². The van der Waals surface area contributed by atoms with Crippen molar-refractivity contribution in [1.82, 2.24) is 5.32 Å². The predicted octanol–water partition coefficient (Wildman–Crippen LogP) is 3.94. The van der Waals surface area contributed by atoms with Gasteiger partial charge < -0.3 is 10.1 Å². The summed E-state index contributed by atoms with van der Waals surface area (Å²) in [6, 6.07) is 14.3. The normalized spacial score (nSPS) is 11.2. The van der Waals surface area contributed by atoms with Crippen LogP contribution < -0.4 is 14.4 Å². The summed E-state index contributed by atoms with van der Waals surface area (Å²) in [5, 5.41) is 3.50. The standard InChI is InChI=1S/C21H27ClN2O4S2/c1-3-13-28-19-10-8-18(9-11-19)24(30(2,26)27)15-21(25)23-12-14-29-16-17-6-4-5-7-20(17)22/h4-11H,3,12-16H2,1-2H3,(H,23,25). The zero-order valence-electron chi connectivity index (χ0n) is 17.1. The molecule has 0 atom stereocenters. The van der Waals surface area contributed by atoms with Crippen LogP contribution in [0.1, 0.15) is 18.9 Å². The van der Waals surface area contributed by atoms with E-state index in [1.807, 2.05) is 31.2 Å². The van der Waals surface area contributed by atoms with Crippen molar-refractivity contribution in [2.45, 2.75) is 19.1 Å². The molecule has 2 aromatic carbocycles. The molecule has 0 saturated heterocycles. The lowest BCUT2D eigenvalue weighted by atomic mass is 10.2. The Morgan fingerprint density at radius 2 is 1.87 bits per heavy atom. The second kappa shape index (κ2) is 12.1. The van der Waals surface area contributed by atoms with Gasteiger partial charge in [-0.3, -0.25) is 9.10 Å². The Morgan fingerprint density at radius 1 is 1.17 bits per heavy atom. The lowest BCUT2D eigenvalue weighted by molar-refractivity contribution is -0.119. The van der Waals surface area contributed by atoms with E-state index in [2.05, 4.69) is 5.32 Å². The Labute approximate surface area is 188 Å². The monoisotopic (exact) mass is 470 g/mol. The number of carbonyl (C=O) groups is 1. The van der Waals surface area contributed by atoms with Gasteiger partial charge in [-0.2, -0.15) is 11.8 Å². The average molecular weight is 471 g/mol. The summed E-state index contributed by atoms with van der Waals surface area (Å²) >= 11 is 7.77. The van der Waals surface area contributed by atoms with Gasteiger partial charge in [-0.1, -0.05) is 36.7 Å². The van der Waals surface area contributed by atoms with Crippen molar-refractivity contribution in [2.75, 3.05) is 36.0 Å². The highest BCUT2D eigenvalue weighted by Gasteiger charge is 2.20. The minimum Gasteiger partial charge on any atom is -0.494 e. The Bertz CT molecular complexity index is 921. The summed E-state index contributed by atoms with van der Waals surface area (Å²) in [7, 11) is -3.61. The molecule has 2 aromatic rings.